The molecule has 102 valence electrons. The minimum atomic E-state index is -0.771. The summed E-state index contributed by atoms with van der Waals surface area (Å²) in [4.78, 5) is 22.7. The molecule has 1 saturated heterocycles. The van der Waals surface area contributed by atoms with Gasteiger partial charge in [-0.1, -0.05) is 41.9 Å². The van der Waals surface area contributed by atoms with Crippen LogP contribution in [0.1, 0.15) is 27.7 Å². The van der Waals surface area contributed by atoms with Gasteiger partial charge in [-0.05, 0) is 19.4 Å². The molecular weight excluding hydrogens is 296 g/mol. The van der Waals surface area contributed by atoms with Crippen LogP contribution in [0.5, 0.6) is 0 Å². The van der Waals surface area contributed by atoms with E-state index < -0.39 is 11.8 Å². The van der Waals surface area contributed by atoms with Crippen molar-refractivity contribution in [3.8, 4) is 0 Å². The Labute approximate surface area is 117 Å². The van der Waals surface area contributed by atoms with Crippen LogP contribution in [-0.2, 0) is 9.59 Å². The lowest BCUT2D eigenvalue weighted by Crippen LogP contribution is -2.33. The van der Waals surface area contributed by atoms with Crippen LogP contribution in [-0.4, -0.2) is 18.4 Å². The molecule has 1 aliphatic rings. The molecule has 0 aliphatic carbocycles. The van der Waals surface area contributed by atoms with Gasteiger partial charge in [0.15, 0.2) is 0 Å². The number of allylic oxidation sites excluding steroid dienone is 2. The third-order valence-corrected chi connectivity index (χ3v) is 4.07. The maximum atomic E-state index is 11.5. The fourth-order valence-electron chi connectivity index (χ4n) is 1.85. The van der Waals surface area contributed by atoms with Crippen LogP contribution < -0.4 is 11.1 Å². The second-order valence-corrected chi connectivity index (χ2v) is 4.80. The van der Waals surface area contributed by atoms with E-state index in [9.17, 15) is 9.59 Å². The van der Waals surface area contributed by atoms with Crippen LogP contribution in [0.4, 0.5) is 0 Å². The number of nitrogens with two attached hydrogens (primary N) is 1. The summed E-state index contributed by atoms with van der Waals surface area (Å²) in [5, 5.41) is 2.65. The topological polar surface area (TPSA) is 72.2 Å². The summed E-state index contributed by atoms with van der Waals surface area (Å²) in [6, 6.07) is 0. The number of carbonyl (C=O) groups excluding carboxylic acids is 2. The smallest absolute Gasteiger partial charge is 0.233 e. The Kier molecular flexibility index (Phi) is 6.91. The highest BCUT2D eigenvalue weighted by Gasteiger charge is 2.40. The Hall–Kier alpha value is -1.10. The molecule has 1 heterocycles. The average Bonchev–Trinajstić information content (AvgIpc) is 2.71. The lowest BCUT2D eigenvalue weighted by molar-refractivity contribution is -0.131. The SMILES string of the molecule is C=C(C)C(Br)=C(C)[C@H]1CNC(=O)[C@@H]1C(N)=O.CC. The normalized spacial score (nSPS) is 23.5. The van der Waals surface area contributed by atoms with Crippen molar-refractivity contribution < 1.29 is 9.59 Å². The van der Waals surface area contributed by atoms with Gasteiger partial charge < -0.3 is 11.1 Å². The Balaban J connectivity index is 0.00000137. The van der Waals surface area contributed by atoms with Crippen molar-refractivity contribution in [2.45, 2.75) is 27.7 Å². The third kappa shape index (κ3) is 3.70. The molecular formula is C13H21BrN2O2. The van der Waals surface area contributed by atoms with Crippen LogP contribution >= 0.6 is 15.9 Å². The molecule has 0 saturated carbocycles. The largest absolute Gasteiger partial charge is 0.369 e. The van der Waals surface area contributed by atoms with E-state index >= 15 is 0 Å². The standard InChI is InChI=1S/C11H15BrN2O2.C2H6/c1-5(2)9(12)6(3)7-4-14-11(16)8(7)10(13)15;1-2/h7-8H,1,4H2,2-3H3,(H2,13,15)(H,14,16);1-2H3/t7-,8+;/m1./s1. The zero-order valence-corrected chi connectivity index (χ0v) is 12.9. The molecule has 0 spiro atoms. The molecule has 0 unspecified atom stereocenters. The Morgan fingerprint density at radius 1 is 1.44 bits per heavy atom. The summed E-state index contributed by atoms with van der Waals surface area (Å²) < 4.78 is 0.847. The van der Waals surface area contributed by atoms with E-state index in [1.807, 2.05) is 27.7 Å². The molecule has 2 atom stereocenters. The summed E-state index contributed by atoms with van der Waals surface area (Å²) >= 11 is 3.40. The van der Waals surface area contributed by atoms with Gasteiger partial charge in [-0.3, -0.25) is 9.59 Å². The van der Waals surface area contributed by atoms with Gasteiger partial charge in [-0.2, -0.15) is 0 Å². The maximum absolute atomic E-state index is 11.5. The van der Waals surface area contributed by atoms with Crippen molar-refractivity contribution in [2.75, 3.05) is 6.54 Å². The number of primary amides is 1. The lowest BCUT2D eigenvalue weighted by atomic mass is 9.88. The average molecular weight is 317 g/mol. The van der Waals surface area contributed by atoms with E-state index in [0.717, 1.165) is 15.6 Å². The van der Waals surface area contributed by atoms with Gasteiger partial charge >= 0.3 is 0 Å². The Morgan fingerprint density at radius 3 is 2.33 bits per heavy atom. The van der Waals surface area contributed by atoms with Gasteiger partial charge in [0.2, 0.25) is 11.8 Å². The van der Waals surface area contributed by atoms with Crippen molar-refractivity contribution in [1.29, 1.82) is 0 Å². The number of amides is 2. The van der Waals surface area contributed by atoms with Crippen LogP contribution in [0.2, 0.25) is 0 Å². The molecule has 4 nitrogen and oxygen atoms in total. The fourth-order valence-corrected chi connectivity index (χ4v) is 2.15. The van der Waals surface area contributed by atoms with Crippen LogP contribution in [0, 0.1) is 11.8 Å². The van der Waals surface area contributed by atoms with Gasteiger partial charge in [0, 0.05) is 16.9 Å². The third-order valence-electron chi connectivity index (χ3n) is 2.76. The molecule has 0 aromatic heterocycles. The molecule has 18 heavy (non-hydrogen) atoms. The first kappa shape index (κ1) is 16.9. The van der Waals surface area contributed by atoms with E-state index in [-0.39, 0.29) is 11.8 Å². The summed E-state index contributed by atoms with van der Waals surface area (Å²) in [6.45, 7) is 12.0. The van der Waals surface area contributed by atoms with Gasteiger partial charge in [-0.15, -0.1) is 0 Å². The second kappa shape index (κ2) is 7.36. The van der Waals surface area contributed by atoms with Crippen LogP contribution in [0.25, 0.3) is 0 Å². The summed E-state index contributed by atoms with van der Waals surface area (Å²) in [7, 11) is 0. The van der Waals surface area contributed by atoms with Gasteiger partial charge in [0.05, 0.1) is 0 Å². The summed E-state index contributed by atoms with van der Waals surface area (Å²) in [6.07, 6.45) is 0. The highest BCUT2D eigenvalue weighted by molar-refractivity contribution is 9.12. The maximum Gasteiger partial charge on any atom is 0.233 e. The van der Waals surface area contributed by atoms with Crippen molar-refractivity contribution in [3.05, 3.63) is 22.2 Å². The zero-order valence-electron chi connectivity index (χ0n) is 11.3. The number of hydrogen-bond acceptors (Lipinski definition) is 2. The van der Waals surface area contributed by atoms with Crippen LogP contribution in [0.3, 0.4) is 0 Å². The predicted octanol–water partition coefficient (Wildman–Crippen LogP) is 2.11. The molecule has 0 aromatic carbocycles. The first-order valence-electron chi connectivity index (χ1n) is 5.95. The number of halogens is 1. The van der Waals surface area contributed by atoms with Crippen molar-refractivity contribution in [1.82, 2.24) is 5.32 Å². The first-order valence-corrected chi connectivity index (χ1v) is 6.74. The molecule has 1 rings (SSSR count). The van der Waals surface area contributed by atoms with Crippen molar-refractivity contribution >= 4 is 27.7 Å². The van der Waals surface area contributed by atoms with Crippen molar-refractivity contribution in [2.24, 2.45) is 17.6 Å². The summed E-state index contributed by atoms with van der Waals surface area (Å²) in [5.41, 5.74) is 7.02. The number of nitrogens with one attached hydrogen (secondary N) is 1. The molecule has 1 aliphatic heterocycles. The minimum Gasteiger partial charge on any atom is -0.369 e. The molecule has 5 heteroatoms. The molecule has 3 N–H and O–H groups in total. The molecule has 0 aromatic rings. The van der Waals surface area contributed by atoms with E-state index in [0.29, 0.717) is 6.54 Å². The highest BCUT2D eigenvalue weighted by Crippen LogP contribution is 2.31. The second-order valence-electron chi connectivity index (χ2n) is 4.01. The van der Waals surface area contributed by atoms with Crippen molar-refractivity contribution in [3.63, 3.8) is 0 Å². The van der Waals surface area contributed by atoms with E-state index in [4.69, 9.17) is 5.73 Å². The Bertz CT molecular complexity index is 388. The Morgan fingerprint density at radius 2 is 1.94 bits per heavy atom. The van der Waals surface area contributed by atoms with Crippen LogP contribution in [0.15, 0.2) is 22.2 Å². The monoisotopic (exact) mass is 316 g/mol. The predicted molar refractivity (Wildman–Crippen MR) is 77.0 cm³/mol. The van der Waals surface area contributed by atoms with E-state index in [1.165, 1.54) is 0 Å². The summed E-state index contributed by atoms with van der Waals surface area (Å²) in [5.74, 6) is -1.83. The van der Waals surface area contributed by atoms with Gasteiger partial charge in [-0.25, -0.2) is 0 Å². The number of carbonyl (C=O) groups is 2. The first-order chi connectivity index (χ1) is 8.36. The minimum absolute atomic E-state index is 0.184. The molecule has 0 bridgehead atoms. The number of rotatable bonds is 3. The van der Waals surface area contributed by atoms with E-state index in [2.05, 4.69) is 27.8 Å². The quantitative estimate of drug-likeness (QED) is 0.618. The fraction of sp³-hybridized carbons (Fsp3) is 0.538. The van der Waals surface area contributed by atoms with Gasteiger partial charge in [0.1, 0.15) is 5.92 Å². The van der Waals surface area contributed by atoms with E-state index in [1.54, 1.807) is 0 Å². The molecule has 0 radical (unpaired) electrons. The molecule has 2 amide bonds. The highest BCUT2D eigenvalue weighted by atomic mass is 79.9. The van der Waals surface area contributed by atoms with Gasteiger partial charge in [0.25, 0.3) is 0 Å². The number of hydrogen-bond donors (Lipinski definition) is 2. The zero-order chi connectivity index (χ0) is 14.5. The lowest BCUT2D eigenvalue weighted by Gasteiger charge is -2.16. The molecule has 1 fully saturated rings.